The first-order chi connectivity index (χ1) is 12.6. The van der Waals surface area contributed by atoms with Crippen LogP contribution >= 0.6 is 0 Å². The number of benzene rings is 2. The third kappa shape index (κ3) is 4.85. The van der Waals surface area contributed by atoms with Gasteiger partial charge >= 0.3 is 0 Å². The van der Waals surface area contributed by atoms with Crippen molar-refractivity contribution in [2.24, 2.45) is 5.10 Å². The van der Waals surface area contributed by atoms with Crippen molar-refractivity contribution in [2.75, 3.05) is 19.0 Å². The molecule has 1 aliphatic rings. The maximum absolute atomic E-state index is 10.5. The summed E-state index contributed by atoms with van der Waals surface area (Å²) in [7, 11) is 4.07. The van der Waals surface area contributed by atoms with Crippen LogP contribution in [0.25, 0.3) is 0 Å². The summed E-state index contributed by atoms with van der Waals surface area (Å²) in [4.78, 5) is 2.08. The highest BCUT2D eigenvalue weighted by molar-refractivity contribution is 5.80. The van der Waals surface area contributed by atoms with E-state index in [1.807, 2.05) is 26.4 Å². The van der Waals surface area contributed by atoms with Gasteiger partial charge in [-0.1, -0.05) is 55.3 Å². The zero-order valence-corrected chi connectivity index (χ0v) is 15.8. The topological polar surface area (TPSA) is 39.1 Å². The van der Waals surface area contributed by atoms with E-state index in [1.165, 1.54) is 11.3 Å². The minimum Gasteiger partial charge on any atom is -0.391 e. The van der Waals surface area contributed by atoms with Crippen molar-refractivity contribution in [1.29, 1.82) is 0 Å². The molecule has 0 heterocycles. The molecule has 0 aliphatic heterocycles. The Morgan fingerprint density at radius 1 is 1.00 bits per heavy atom. The van der Waals surface area contributed by atoms with E-state index in [-0.39, 0.29) is 12.1 Å². The van der Waals surface area contributed by atoms with E-state index in [4.69, 9.17) is 5.10 Å². The molecule has 2 aromatic rings. The highest BCUT2D eigenvalue weighted by Crippen LogP contribution is 2.25. The molecule has 2 atom stereocenters. The van der Waals surface area contributed by atoms with Crippen LogP contribution in [-0.4, -0.2) is 42.6 Å². The second kappa shape index (κ2) is 8.86. The second-order valence-corrected chi connectivity index (χ2v) is 7.23. The van der Waals surface area contributed by atoms with Crippen LogP contribution in [0.1, 0.15) is 36.8 Å². The standard InChI is InChI=1S/C22H29N3O/c1-24(2)20-14-12-18(13-15-20)16-23-25(17-19-8-4-3-5-9-19)21-10-6-7-11-22(21)26/h3-5,8-9,12-16,21-22,26H,6-7,10-11,17H2,1-2H3/b23-16+/t21-,22-/m1/s1. The third-order valence-corrected chi connectivity index (χ3v) is 5.03. The van der Waals surface area contributed by atoms with Gasteiger partial charge in [-0.25, -0.2) is 0 Å². The lowest BCUT2D eigenvalue weighted by atomic mass is 9.92. The number of anilines is 1. The molecule has 3 rings (SSSR count). The van der Waals surface area contributed by atoms with Crippen LogP contribution in [0.5, 0.6) is 0 Å². The van der Waals surface area contributed by atoms with Gasteiger partial charge in [0.1, 0.15) is 0 Å². The van der Waals surface area contributed by atoms with E-state index in [1.54, 1.807) is 0 Å². The number of aliphatic hydroxyl groups is 1. The van der Waals surface area contributed by atoms with Crippen molar-refractivity contribution in [2.45, 2.75) is 44.4 Å². The number of rotatable bonds is 6. The monoisotopic (exact) mass is 351 g/mol. The Bertz CT molecular complexity index is 697. The molecular weight excluding hydrogens is 322 g/mol. The van der Waals surface area contributed by atoms with Crippen molar-refractivity contribution < 1.29 is 5.11 Å². The SMILES string of the molecule is CN(C)c1ccc(/C=N/N(Cc2ccccc2)[C@@H]2CCCC[C@H]2O)cc1. The predicted molar refractivity (Wildman–Crippen MR) is 109 cm³/mol. The largest absolute Gasteiger partial charge is 0.391 e. The van der Waals surface area contributed by atoms with Crippen molar-refractivity contribution in [3.8, 4) is 0 Å². The molecule has 2 aromatic carbocycles. The fraction of sp³-hybridized carbons (Fsp3) is 0.409. The number of hydrazone groups is 1. The Balaban J connectivity index is 1.77. The second-order valence-electron chi connectivity index (χ2n) is 7.23. The van der Waals surface area contributed by atoms with E-state index >= 15 is 0 Å². The van der Waals surface area contributed by atoms with E-state index in [2.05, 4.69) is 58.4 Å². The van der Waals surface area contributed by atoms with Gasteiger partial charge in [0.2, 0.25) is 0 Å². The Labute approximate surface area is 156 Å². The molecule has 0 spiro atoms. The van der Waals surface area contributed by atoms with Crippen LogP contribution in [0.2, 0.25) is 0 Å². The van der Waals surface area contributed by atoms with Crippen LogP contribution in [0.4, 0.5) is 5.69 Å². The number of aliphatic hydroxyl groups excluding tert-OH is 1. The molecule has 4 nitrogen and oxygen atoms in total. The molecule has 138 valence electrons. The van der Waals surface area contributed by atoms with Crippen molar-refractivity contribution >= 4 is 11.9 Å². The molecule has 1 N–H and O–H groups in total. The first-order valence-corrected chi connectivity index (χ1v) is 9.43. The molecule has 26 heavy (non-hydrogen) atoms. The van der Waals surface area contributed by atoms with Gasteiger partial charge in [-0.3, -0.25) is 5.01 Å². The van der Waals surface area contributed by atoms with Gasteiger partial charge in [-0.05, 0) is 36.1 Å². The molecule has 0 aromatic heterocycles. The smallest absolute Gasteiger partial charge is 0.0760 e. The summed E-state index contributed by atoms with van der Waals surface area (Å²) in [5.74, 6) is 0. The van der Waals surface area contributed by atoms with Crippen LogP contribution in [0.3, 0.4) is 0 Å². The van der Waals surface area contributed by atoms with E-state index in [9.17, 15) is 5.11 Å². The number of hydrogen-bond acceptors (Lipinski definition) is 4. The van der Waals surface area contributed by atoms with E-state index in [0.717, 1.165) is 37.8 Å². The van der Waals surface area contributed by atoms with Gasteiger partial charge in [-0.15, -0.1) is 0 Å². The predicted octanol–water partition coefficient (Wildman–Crippen LogP) is 3.89. The summed E-state index contributed by atoms with van der Waals surface area (Å²) < 4.78 is 0. The fourth-order valence-electron chi connectivity index (χ4n) is 3.45. The lowest BCUT2D eigenvalue weighted by molar-refractivity contribution is 0.0173. The summed E-state index contributed by atoms with van der Waals surface area (Å²) in [5.41, 5.74) is 3.45. The Hall–Kier alpha value is -2.33. The Kier molecular flexibility index (Phi) is 6.29. The molecule has 1 saturated carbocycles. The number of nitrogens with zero attached hydrogens (tertiary/aromatic N) is 3. The summed E-state index contributed by atoms with van der Waals surface area (Å²) in [6.07, 6.45) is 5.71. The molecule has 0 unspecified atom stereocenters. The van der Waals surface area contributed by atoms with E-state index in [0.29, 0.717) is 0 Å². The number of hydrogen-bond donors (Lipinski definition) is 1. The molecule has 0 amide bonds. The first kappa shape index (κ1) is 18.5. The van der Waals surface area contributed by atoms with Crippen molar-refractivity contribution in [1.82, 2.24) is 5.01 Å². The van der Waals surface area contributed by atoms with Crippen LogP contribution in [0, 0.1) is 0 Å². The third-order valence-electron chi connectivity index (χ3n) is 5.03. The lowest BCUT2D eigenvalue weighted by Crippen LogP contribution is -2.42. The average Bonchev–Trinajstić information content (AvgIpc) is 2.67. The maximum Gasteiger partial charge on any atom is 0.0760 e. The molecule has 1 aliphatic carbocycles. The van der Waals surface area contributed by atoms with E-state index < -0.39 is 0 Å². The highest BCUT2D eigenvalue weighted by Gasteiger charge is 2.28. The average molecular weight is 351 g/mol. The van der Waals surface area contributed by atoms with Gasteiger partial charge in [0.05, 0.1) is 24.9 Å². The highest BCUT2D eigenvalue weighted by atomic mass is 16.3. The zero-order chi connectivity index (χ0) is 18.4. The van der Waals surface area contributed by atoms with Crippen LogP contribution in [-0.2, 0) is 6.54 Å². The molecule has 0 bridgehead atoms. The summed E-state index contributed by atoms with van der Waals surface area (Å²) >= 11 is 0. The van der Waals surface area contributed by atoms with Gasteiger partial charge in [0, 0.05) is 19.8 Å². The van der Waals surface area contributed by atoms with Crippen LogP contribution < -0.4 is 4.90 Å². The molecule has 0 radical (unpaired) electrons. The summed E-state index contributed by atoms with van der Waals surface area (Å²) in [6, 6.07) is 18.8. The molecular formula is C22H29N3O. The lowest BCUT2D eigenvalue weighted by Gasteiger charge is -2.35. The fourth-order valence-corrected chi connectivity index (χ4v) is 3.45. The van der Waals surface area contributed by atoms with Crippen LogP contribution in [0.15, 0.2) is 59.7 Å². The zero-order valence-electron chi connectivity index (χ0n) is 15.8. The van der Waals surface area contributed by atoms with Gasteiger partial charge < -0.3 is 10.0 Å². The van der Waals surface area contributed by atoms with Gasteiger partial charge in [0.15, 0.2) is 0 Å². The first-order valence-electron chi connectivity index (χ1n) is 9.43. The molecule has 1 fully saturated rings. The minimum atomic E-state index is -0.305. The summed E-state index contributed by atoms with van der Waals surface area (Å²) in [6.45, 7) is 0.717. The summed E-state index contributed by atoms with van der Waals surface area (Å²) in [5, 5.41) is 17.3. The quantitative estimate of drug-likeness (QED) is 0.634. The van der Waals surface area contributed by atoms with Crippen molar-refractivity contribution in [3.05, 3.63) is 65.7 Å². The maximum atomic E-state index is 10.5. The van der Waals surface area contributed by atoms with Gasteiger partial charge in [0.25, 0.3) is 0 Å². The Morgan fingerprint density at radius 3 is 2.35 bits per heavy atom. The molecule has 0 saturated heterocycles. The van der Waals surface area contributed by atoms with Crippen molar-refractivity contribution in [3.63, 3.8) is 0 Å². The molecule has 4 heteroatoms. The van der Waals surface area contributed by atoms with Gasteiger partial charge in [-0.2, -0.15) is 5.10 Å². The minimum absolute atomic E-state index is 0.0845. The Morgan fingerprint density at radius 2 is 1.69 bits per heavy atom. The normalized spacial score (nSPS) is 20.3.